The van der Waals surface area contributed by atoms with Crippen molar-refractivity contribution in [3.8, 4) is 33.4 Å². The van der Waals surface area contributed by atoms with Crippen molar-refractivity contribution in [2.75, 3.05) is 0 Å². The van der Waals surface area contributed by atoms with Gasteiger partial charge in [-0.05, 0) is 214 Å². The zero-order chi connectivity index (χ0) is 65.2. The Labute approximate surface area is 532 Å². The van der Waals surface area contributed by atoms with E-state index in [9.17, 15) is 52.7 Å². The number of hydrogen-bond acceptors (Lipinski definition) is 12. The van der Waals surface area contributed by atoms with Crippen LogP contribution in [0.1, 0.15) is 25.0 Å². The van der Waals surface area contributed by atoms with Gasteiger partial charge in [-0.3, -0.25) is 0 Å². The fourth-order valence-corrected chi connectivity index (χ4v) is 15.4. The molecular weight excluding hydrogens is 1720 g/mol. The highest BCUT2D eigenvalue weighted by Crippen LogP contribution is 2.31. The highest BCUT2D eigenvalue weighted by Gasteiger charge is 2.39. The van der Waals surface area contributed by atoms with Crippen LogP contribution in [0.5, 0.6) is 0 Å². The normalized spacial score (nSPS) is 13.7. The molecule has 16 bridgehead atoms. The fourth-order valence-electron chi connectivity index (χ4n) is 6.76. The first kappa shape index (κ1) is 73.2. The predicted molar refractivity (Wildman–Crippen MR) is 273 cm³/mol. The lowest BCUT2D eigenvalue weighted by Crippen LogP contribution is -3.61. The maximum absolute atomic E-state index is 10.7. The fraction of sp³-hybridized carbons (Fsp3) is 0.127. The molecule has 21 rings (SSSR count). The smallest absolute Gasteiger partial charge is 0.485 e. The molecule has 0 spiro atoms. The third-order valence-electron chi connectivity index (χ3n) is 11.2. The summed E-state index contributed by atoms with van der Waals surface area (Å²) in [5.74, 6) is 0. The van der Waals surface area contributed by atoms with Crippen LogP contribution in [0.2, 0.25) is 0 Å². The Morgan fingerprint density at radius 2 is 0.356 bits per heavy atom. The van der Waals surface area contributed by atoms with Gasteiger partial charge in [0.15, 0.2) is 69.0 Å². The van der Waals surface area contributed by atoms with Crippen molar-refractivity contribution >= 4 is 40.5 Å². The molecule has 0 fully saturated rings. The molecule has 0 amide bonds. The van der Waals surface area contributed by atoms with Crippen molar-refractivity contribution in [3.05, 3.63) is 234 Å². The third-order valence-corrected chi connectivity index (χ3v) is 24.2. The van der Waals surface area contributed by atoms with E-state index in [1.807, 2.05) is 0 Å². The van der Waals surface area contributed by atoms with Gasteiger partial charge in [0.2, 0.25) is 0 Å². The van der Waals surface area contributed by atoms with Gasteiger partial charge in [-0.1, -0.05) is 38.1 Å². The molecule has 87 heavy (non-hydrogen) atoms. The molecule has 0 saturated carbocycles. The van der Waals surface area contributed by atoms with Gasteiger partial charge in [0, 0.05) is 5.41 Å². The number of rotatable bonds is 0. The van der Waals surface area contributed by atoms with Gasteiger partial charge in [-0.2, -0.15) is 52.7 Å². The predicted octanol–water partition coefficient (Wildman–Crippen LogP) is 0.0461. The van der Waals surface area contributed by atoms with Crippen LogP contribution in [0.3, 0.4) is 0 Å². The molecule has 0 unspecified atom stereocenters. The molecule has 0 saturated heterocycles. The van der Waals surface area contributed by atoms with E-state index in [1.165, 1.54) is 73.1 Å². The zero-order valence-electron chi connectivity index (χ0n) is 43.6. The zero-order valence-corrected chi connectivity index (χ0v) is 55.5. The third kappa shape index (κ3) is 22.4. The van der Waals surface area contributed by atoms with E-state index in [4.69, 9.17) is 51.9 Å². The van der Waals surface area contributed by atoms with E-state index in [0.717, 1.165) is 0 Å². The maximum atomic E-state index is 10.7. The average molecular weight is 1750 g/mol. The Morgan fingerprint density at radius 1 is 0.253 bits per heavy atom. The molecule has 0 aliphatic carbocycles. The van der Waals surface area contributed by atoms with Crippen LogP contribution < -0.4 is 84.8 Å². The van der Waals surface area contributed by atoms with Crippen LogP contribution in [0, 0.1) is 28.6 Å². The van der Waals surface area contributed by atoms with Crippen LogP contribution in [-0.4, -0.2) is 73.9 Å². The van der Waals surface area contributed by atoms with E-state index >= 15 is 0 Å². The quantitative estimate of drug-likeness (QED) is 0.0850. The molecule has 0 aromatic heterocycles. The largest absolute Gasteiger partial charge is 0.741 e. The van der Waals surface area contributed by atoms with Crippen molar-refractivity contribution in [3.63, 3.8) is 0 Å². The van der Waals surface area contributed by atoms with Crippen LogP contribution >= 0.6 is 0 Å². The van der Waals surface area contributed by atoms with Gasteiger partial charge >= 0.3 is 107 Å². The molecule has 13 aliphatic rings. The van der Waals surface area contributed by atoms with E-state index in [2.05, 4.69) is 208 Å². The lowest BCUT2D eigenvalue weighted by Gasteiger charge is -2.25. The Kier molecular flexibility index (Phi) is 24.9. The standard InChI is InChI=1S/C51H38I4.4CHF3O3S/c1-51(2)41-15-31-49(32-16-41)54-47-27-11-39(12-28-47)37-7-23-45(24-8-37)52-43-19-3-35(4-20-43)36-5-21-44(22-6-36)53-46-25-9-38(10-26-46)40-13-29-48(30-14-40)55-50-33-17-42(51)18-34-50;4*2-1(3,4)8(5,6)7/h3-34H,1-2H3;4*(H,5,6,7)/q+4;;;;/p-4. The van der Waals surface area contributed by atoms with Crippen LogP contribution in [-0.2, 0) is 45.9 Å². The molecule has 13 heterocycles. The lowest BCUT2D eigenvalue weighted by molar-refractivity contribution is -0.597. The van der Waals surface area contributed by atoms with Gasteiger partial charge in [0.1, 0.15) is 0 Å². The number of halogens is 16. The van der Waals surface area contributed by atoms with E-state index < -0.39 is 62.5 Å². The second kappa shape index (κ2) is 29.6. The second-order valence-electron chi connectivity index (χ2n) is 17.7. The first-order valence-corrected chi connectivity index (χ1v) is 37.7. The first-order valence-electron chi connectivity index (χ1n) is 23.4. The number of benzene rings is 8. The van der Waals surface area contributed by atoms with Gasteiger partial charge in [-0.15, -0.1) is 0 Å². The summed E-state index contributed by atoms with van der Waals surface area (Å²) in [4.78, 5) is 0. The average Bonchev–Trinajstić information content (AvgIpc) is 1.57. The SMILES string of the molecule is CC1(C)c2ccc(cc2)[I+]c2ccc(cc2)-c2ccc(cc2)[I+]c2ccc(cc2)-c2ccc(cc2)[I+]c2ccc(cc2)-c2ccc(cc2)[I+]c2ccc1cc2.O=S(=O)([O-])C(F)(F)F.O=S(=O)([O-])C(F)(F)F.O=S(=O)([O-])C(F)(F)F.O=S(=O)([O-])C(F)(F)F. The Bertz CT molecular complexity index is 3700. The minimum atomic E-state index is -6.09. The summed E-state index contributed by atoms with van der Waals surface area (Å²) in [6, 6.07) is 74.4. The molecule has 0 N–H and O–H groups in total. The van der Waals surface area contributed by atoms with Crippen molar-refractivity contribution in [2.24, 2.45) is 0 Å². The Balaban J connectivity index is 0.000000352. The van der Waals surface area contributed by atoms with Crippen LogP contribution in [0.15, 0.2) is 194 Å². The first-order chi connectivity index (χ1) is 39.9. The monoisotopic (exact) mass is 1750 g/mol. The molecule has 12 nitrogen and oxygen atoms in total. The molecular formula is C55H38F12I4O12S4. The van der Waals surface area contributed by atoms with Gasteiger partial charge < -0.3 is 18.2 Å². The minimum absolute atomic E-state index is 0.0594. The molecule has 0 atom stereocenters. The summed E-state index contributed by atoms with van der Waals surface area (Å²) >= 11 is -0.965. The molecule has 8 aromatic carbocycles. The van der Waals surface area contributed by atoms with Crippen molar-refractivity contribution in [1.29, 1.82) is 0 Å². The summed E-state index contributed by atoms with van der Waals surface area (Å²) in [7, 11) is -24.4. The van der Waals surface area contributed by atoms with E-state index in [1.54, 1.807) is 0 Å². The highest BCUT2D eigenvalue weighted by atomic mass is 127. The highest BCUT2D eigenvalue weighted by molar-refractivity contribution is 7.87. The number of alkyl halides is 12. The number of hydrogen-bond donors (Lipinski definition) is 0. The van der Waals surface area contributed by atoms with Crippen molar-refractivity contribution in [1.82, 2.24) is 0 Å². The summed E-state index contributed by atoms with van der Waals surface area (Å²) in [6.45, 7) is 4.71. The van der Waals surface area contributed by atoms with Gasteiger partial charge in [-0.25, -0.2) is 33.7 Å². The molecule has 466 valence electrons. The van der Waals surface area contributed by atoms with Gasteiger partial charge in [0.25, 0.3) is 0 Å². The summed E-state index contributed by atoms with van der Waals surface area (Å²) in [6.07, 6.45) is 0. The molecule has 8 aromatic rings. The topological polar surface area (TPSA) is 229 Å². The minimum Gasteiger partial charge on any atom is -0.741 e. The molecule has 0 radical (unpaired) electrons. The van der Waals surface area contributed by atoms with Crippen LogP contribution in [0.25, 0.3) is 33.4 Å². The second-order valence-corrected chi connectivity index (χ2v) is 35.3. The Hall–Kier alpha value is -4.52. The van der Waals surface area contributed by atoms with Crippen LogP contribution in [0.4, 0.5) is 52.7 Å². The molecule has 32 heteroatoms. The van der Waals surface area contributed by atoms with Gasteiger partial charge in [0.05, 0.1) is 0 Å². The summed E-state index contributed by atoms with van der Waals surface area (Å²) in [5.41, 5.74) is -12.2. The summed E-state index contributed by atoms with van der Waals surface area (Å²) < 4.78 is 247. The lowest BCUT2D eigenvalue weighted by atomic mass is 9.78. The summed E-state index contributed by atoms with van der Waals surface area (Å²) in [5, 5.41) is 0. The Morgan fingerprint density at radius 3 is 0.460 bits per heavy atom. The van der Waals surface area contributed by atoms with E-state index in [0.29, 0.717) is 0 Å². The molecule has 13 aliphatic heterocycles. The maximum Gasteiger partial charge on any atom is 0.485 e. The van der Waals surface area contributed by atoms with E-state index in [-0.39, 0.29) is 90.2 Å². The van der Waals surface area contributed by atoms with Crippen molar-refractivity contribution in [2.45, 2.75) is 41.3 Å². The van der Waals surface area contributed by atoms with Crippen molar-refractivity contribution < 1.29 is 189 Å².